The summed E-state index contributed by atoms with van der Waals surface area (Å²) in [6.07, 6.45) is 2.85. The third-order valence-electron chi connectivity index (χ3n) is 7.28. The van der Waals surface area contributed by atoms with Crippen molar-refractivity contribution in [1.82, 2.24) is 31.0 Å². The van der Waals surface area contributed by atoms with Crippen LogP contribution in [0.4, 0.5) is 4.79 Å². The van der Waals surface area contributed by atoms with Gasteiger partial charge in [-0.2, -0.15) is 16.9 Å². The van der Waals surface area contributed by atoms with Crippen LogP contribution in [0.25, 0.3) is 0 Å². The van der Waals surface area contributed by atoms with Crippen molar-refractivity contribution in [3.63, 3.8) is 0 Å². The van der Waals surface area contributed by atoms with E-state index in [1.807, 2.05) is 60.8 Å². The van der Waals surface area contributed by atoms with E-state index in [2.05, 4.69) is 26.4 Å². The Morgan fingerprint density at radius 3 is 2.23 bits per heavy atom. The van der Waals surface area contributed by atoms with Gasteiger partial charge >= 0.3 is 6.09 Å². The zero-order chi connectivity index (χ0) is 33.4. The normalized spacial score (nSPS) is 14.8. The number of amides is 4. The molecule has 0 saturated carbocycles. The van der Waals surface area contributed by atoms with Gasteiger partial charge in [-0.15, -0.1) is 0 Å². The first-order valence-electron chi connectivity index (χ1n) is 15.7. The van der Waals surface area contributed by atoms with Gasteiger partial charge in [0.25, 0.3) is 0 Å². The van der Waals surface area contributed by atoms with Crippen molar-refractivity contribution >= 4 is 35.6 Å². The molecule has 13 heteroatoms. The van der Waals surface area contributed by atoms with Gasteiger partial charge in [-0.3, -0.25) is 14.4 Å². The maximum absolute atomic E-state index is 13.4. The summed E-state index contributed by atoms with van der Waals surface area (Å²) in [5.41, 5.74) is 1.65. The summed E-state index contributed by atoms with van der Waals surface area (Å²) in [6, 6.07) is -0.347. The Labute approximate surface area is 267 Å². The molecule has 5 N–H and O–H groups in total. The number of aryl methyl sites for hydroxylation is 2. The lowest BCUT2D eigenvalue weighted by Crippen LogP contribution is -2.54. The monoisotopic (exact) mass is 640 g/mol. The molecule has 0 spiro atoms. The van der Waals surface area contributed by atoms with Gasteiger partial charge in [-0.1, -0.05) is 48.0 Å². The van der Waals surface area contributed by atoms with Crippen LogP contribution in [0, 0.1) is 31.6 Å². The molecule has 0 aromatic carbocycles. The van der Waals surface area contributed by atoms with Crippen LogP contribution in [0.2, 0.25) is 0 Å². The van der Waals surface area contributed by atoms with Crippen LogP contribution in [0.3, 0.4) is 0 Å². The fourth-order valence-corrected chi connectivity index (χ4v) is 5.15. The molecular formula is C31H56N6O6S. The number of aliphatic hydroxyl groups excluding tert-OH is 1. The van der Waals surface area contributed by atoms with Crippen molar-refractivity contribution in [2.24, 2.45) is 17.8 Å². The molecule has 1 rings (SSSR count). The van der Waals surface area contributed by atoms with Crippen molar-refractivity contribution < 1.29 is 29.0 Å². The number of hydrogen-bond donors (Lipinski definition) is 5. The number of carbonyl (C=O) groups is 4. The van der Waals surface area contributed by atoms with Crippen molar-refractivity contribution in [2.45, 2.75) is 118 Å². The van der Waals surface area contributed by atoms with Crippen LogP contribution in [0.15, 0.2) is 6.07 Å². The molecular weight excluding hydrogens is 584 g/mol. The third kappa shape index (κ3) is 14.3. The lowest BCUT2D eigenvalue weighted by atomic mass is 9.91. The molecule has 252 valence electrons. The highest BCUT2D eigenvalue weighted by Crippen LogP contribution is 2.17. The highest BCUT2D eigenvalue weighted by molar-refractivity contribution is 7.98. The number of alkyl carbamates (subject to hydrolysis) is 1. The van der Waals surface area contributed by atoms with Crippen LogP contribution >= 0.6 is 11.8 Å². The summed E-state index contributed by atoms with van der Waals surface area (Å²) >= 11 is 1.54. The Bertz CT molecular complexity index is 1050. The number of aromatic nitrogens is 2. The first-order chi connectivity index (χ1) is 20.7. The molecule has 0 fully saturated rings. The first-order valence-corrected chi connectivity index (χ1v) is 17.1. The zero-order valence-corrected chi connectivity index (χ0v) is 28.9. The van der Waals surface area contributed by atoms with Crippen LogP contribution in [-0.4, -0.2) is 81.5 Å². The van der Waals surface area contributed by atoms with E-state index < -0.39 is 42.1 Å². The Balaban J connectivity index is 2.88. The number of rotatable bonds is 20. The molecule has 0 aliphatic heterocycles. The Morgan fingerprint density at radius 2 is 1.68 bits per heavy atom. The quantitative estimate of drug-likeness (QED) is 0.136. The SMILES string of the molecule is CCCCNC(=O)[C@@H](NC(=O)[C@H](C)C[C@H](O)[C@H](CC(C)C)NC(=O)[C@H](CCSC)NC(=O)OCn1nc(C)cc1C)C(C)C. The maximum Gasteiger partial charge on any atom is 0.409 e. The molecule has 5 atom stereocenters. The predicted octanol–water partition coefficient (Wildman–Crippen LogP) is 3.28. The van der Waals surface area contributed by atoms with E-state index in [1.165, 1.54) is 0 Å². The molecule has 0 unspecified atom stereocenters. The van der Waals surface area contributed by atoms with Crippen LogP contribution in [0.5, 0.6) is 0 Å². The molecule has 0 bridgehead atoms. The number of unbranched alkanes of at least 4 members (excludes halogenated alkanes) is 1. The lowest BCUT2D eigenvalue weighted by Gasteiger charge is -2.30. The fraction of sp³-hybridized carbons (Fsp3) is 0.774. The average Bonchev–Trinajstić information content (AvgIpc) is 3.27. The van der Waals surface area contributed by atoms with Gasteiger partial charge in [0.2, 0.25) is 17.7 Å². The predicted molar refractivity (Wildman–Crippen MR) is 174 cm³/mol. The molecule has 44 heavy (non-hydrogen) atoms. The van der Waals surface area contributed by atoms with Gasteiger partial charge in [0.1, 0.15) is 12.1 Å². The van der Waals surface area contributed by atoms with Crippen molar-refractivity contribution in [3.05, 3.63) is 17.5 Å². The van der Waals surface area contributed by atoms with Crippen LogP contribution in [-0.2, 0) is 25.9 Å². The van der Waals surface area contributed by atoms with E-state index in [4.69, 9.17) is 4.74 Å². The summed E-state index contributed by atoms with van der Waals surface area (Å²) in [5, 5.41) is 26.8. The Hall–Kier alpha value is -2.80. The van der Waals surface area contributed by atoms with Crippen molar-refractivity contribution in [2.75, 3.05) is 18.6 Å². The van der Waals surface area contributed by atoms with E-state index in [1.54, 1.807) is 23.4 Å². The van der Waals surface area contributed by atoms with Gasteiger partial charge in [-0.25, -0.2) is 9.48 Å². The minimum Gasteiger partial charge on any atom is -0.426 e. The fourth-order valence-electron chi connectivity index (χ4n) is 4.68. The van der Waals surface area contributed by atoms with Gasteiger partial charge in [-0.05, 0) is 69.4 Å². The van der Waals surface area contributed by atoms with Gasteiger partial charge in [0, 0.05) is 18.2 Å². The highest BCUT2D eigenvalue weighted by Gasteiger charge is 2.31. The van der Waals surface area contributed by atoms with Crippen LogP contribution < -0.4 is 21.3 Å². The minimum absolute atomic E-state index is 0.0827. The standard InChI is InChI=1S/C31H56N6O6S/c1-10-11-13-32-30(41)27(20(4)5)35-28(39)21(6)16-26(38)25(15-19(2)3)33-29(40)24(12-14-44-9)34-31(42)43-18-37-23(8)17-22(7)36-37/h17,19-21,24-27,38H,10-16,18H2,1-9H3,(H,32,41)(H,33,40)(H,34,42)(H,35,39)/t21-,24+,25+,26+,27+/m1/s1. The second-order valence-corrected chi connectivity index (χ2v) is 13.3. The minimum atomic E-state index is -1.03. The van der Waals surface area contributed by atoms with E-state index in [0.29, 0.717) is 25.1 Å². The smallest absolute Gasteiger partial charge is 0.409 e. The molecule has 0 aliphatic rings. The topological polar surface area (TPSA) is 164 Å². The Morgan fingerprint density at radius 1 is 1.00 bits per heavy atom. The van der Waals surface area contributed by atoms with E-state index in [-0.39, 0.29) is 36.8 Å². The molecule has 0 saturated heterocycles. The highest BCUT2D eigenvalue weighted by atomic mass is 32.2. The number of thioether (sulfide) groups is 1. The number of carbonyl (C=O) groups excluding carboxylic acids is 4. The van der Waals surface area contributed by atoms with Crippen molar-refractivity contribution in [3.8, 4) is 0 Å². The summed E-state index contributed by atoms with van der Waals surface area (Å²) < 4.78 is 6.87. The Kier molecular flexibility index (Phi) is 18.1. The number of hydrogen-bond acceptors (Lipinski definition) is 8. The number of nitrogens with one attached hydrogen (secondary N) is 4. The molecule has 1 aromatic rings. The molecule has 12 nitrogen and oxygen atoms in total. The second kappa shape index (κ2) is 20.3. The molecule has 0 radical (unpaired) electrons. The maximum atomic E-state index is 13.4. The molecule has 4 amide bonds. The summed E-state index contributed by atoms with van der Waals surface area (Å²) in [6.45, 7) is 15.6. The number of ether oxygens (including phenoxy) is 1. The number of nitrogens with zero attached hydrogens (tertiary/aromatic N) is 2. The lowest BCUT2D eigenvalue weighted by molar-refractivity contribution is -0.132. The van der Waals surface area contributed by atoms with Gasteiger partial charge in [0.15, 0.2) is 6.73 Å². The van der Waals surface area contributed by atoms with Crippen molar-refractivity contribution in [1.29, 1.82) is 0 Å². The zero-order valence-electron chi connectivity index (χ0n) is 28.1. The first kappa shape index (κ1) is 39.2. The van der Waals surface area contributed by atoms with E-state index in [0.717, 1.165) is 24.2 Å². The van der Waals surface area contributed by atoms with Crippen LogP contribution in [0.1, 0.15) is 85.0 Å². The summed E-state index contributed by atoms with van der Waals surface area (Å²) in [4.78, 5) is 51.7. The van der Waals surface area contributed by atoms with E-state index >= 15 is 0 Å². The largest absolute Gasteiger partial charge is 0.426 e. The van der Waals surface area contributed by atoms with E-state index in [9.17, 15) is 24.3 Å². The molecule has 1 heterocycles. The molecule has 1 aromatic heterocycles. The third-order valence-corrected chi connectivity index (χ3v) is 7.92. The second-order valence-electron chi connectivity index (χ2n) is 12.3. The van der Waals surface area contributed by atoms with Gasteiger partial charge < -0.3 is 31.1 Å². The summed E-state index contributed by atoms with van der Waals surface area (Å²) in [7, 11) is 0. The summed E-state index contributed by atoms with van der Waals surface area (Å²) in [5.74, 6) is -0.975. The van der Waals surface area contributed by atoms with Gasteiger partial charge in [0.05, 0.1) is 17.8 Å². The number of aliphatic hydroxyl groups is 1. The average molecular weight is 641 g/mol. The molecule has 0 aliphatic carbocycles.